The molecule has 2 aliphatic heterocycles. The van der Waals surface area contributed by atoms with Crippen molar-refractivity contribution in [3.8, 4) is 10.4 Å². The van der Waals surface area contributed by atoms with Gasteiger partial charge in [0.2, 0.25) is 35.4 Å². The molecule has 0 spiro atoms. The first-order chi connectivity index (χ1) is 31.2. The number of carbonyl (C=O) groups excluding carboxylic acids is 5. The standard InChI is InChI=1S/C46H65N7O11S/c1-6-40(57)51-16-17-52(41(58)29-51)42-14-12-37(64-42)11-13-38(55)48-15-18-60-19-20-61-21-22-62-23-24-63-30-39(56)50-44(46(3,4)5)45(59)53-28-36(54)25-35(53)27-47-26-33-7-9-34(10-8-33)43-32(2)49-31-65-43/h6-10,12,14,31,35-36,44,47,54H,1,11,13,15-30H2,2-5H3,(H,48,55)(H,50,56)/t35-,36+,44+/m0/s1. The van der Waals surface area contributed by atoms with Crippen LogP contribution in [-0.4, -0.2) is 160 Å². The molecule has 0 saturated carbocycles. The SMILES string of the molecule is C=CC(=O)N1CCN(c2ccc(CCC(=O)NCCOCCOCCOCCOCC(=O)N[C@H](C(=O)N3C[C@H](O)C[C@H]3CNCc3ccc(-c4scnc4C)cc3)C(C)(C)C)o2)C(=O)C1. The number of anilines is 1. The van der Waals surface area contributed by atoms with Crippen LogP contribution in [0, 0.1) is 12.3 Å². The van der Waals surface area contributed by atoms with Gasteiger partial charge in [0, 0.05) is 64.2 Å². The van der Waals surface area contributed by atoms with Gasteiger partial charge in [0.15, 0.2) is 0 Å². The van der Waals surface area contributed by atoms with Crippen molar-refractivity contribution in [3.63, 3.8) is 0 Å². The summed E-state index contributed by atoms with van der Waals surface area (Å²) in [5.41, 5.74) is 4.51. The highest BCUT2D eigenvalue weighted by molar-refractivity contribution is 7.13. The maximum absolute atomic E-state index is 13.9. The van der Waals surface area contributed by atoms with E-state index in [0.29, 0.717) is 90.2 Å². The third-order valence-corrected chi connectivity index (χ3v) is 11.9. The molecule has 3 atom stereocenters. The number of β-amino-alcohol motifs (C(OH)–C–C–N with tert-alkyl or cyclic N) is 1. The van der Waals surface area contributed by atoms with Gasteiger partial charge >= 0.3 is 0 Å². The van der Waals surface area contributed by atoms with Crippen LogP contribution in [0.3, 0.4) is 0 Å². The van der Waals surface area contributed by atoms with E-state index in [2.05, 4.69) is 51.8 Å². The second-order valence-corrected chi connectivity index (χ2v) is 17.8. The summed E-state index contributed by atoms with van der Waals surface area (Å²) in [6.45, 7) is 15.3. The number of furan rings is 1. The van der Waals surface area contributed by atoms with Gasteiger partial charge in [0.1, 0.15) is 25.0 Å². The lowest BCUT2D eigenvalue weighted by Crippen LogP contribution is -2.57. The number of benzene rings is 1. The average molecular weight is 924 g/mol. The van der Waals surface area contributed by atoms with E-state index in [1.807, 2.05) is 33.2 Å². The zero-order valence-electron chi connectivity index (χ0n) is 38.0. The Morgan fingerprint density at radius 3 is 2.31 bits per heavy atom. The van der Waals surface area contributed by atoms with Crippen LogP contribution in [0.1, 0.15) is 50.6 Å². The number of hydrogen-bond donors (Lipinski definition) is 4. The van der Waals surface area contributed by atoms with E-state index in [1.54, 1.807) is 28.4 Å². The van der Waals surface area contributed by atoms with Gasteiger partial charge in [-0.1, -0.05) is 51.6 Å². The fourth-order valence-corrected chi connectivity index (χ4v) is 8.20. The van der Waals surface area contributed by atoms with Gasteiger partial charge in [-0.2, -0.15) is 0 Å². The zero-order chi connectivity index (χ0) is 46.8. The van der Waals surface area contributed by atoms with Gasteiger partial charge < -0.3 is 54.2 Å². The second-order valence-electron chi connectivity index (χ2n) is 17.0. The first kappa shape index (κ1) is 51.0. The number of aliphatic hydroxyl groups excluding tert-OH is 1. The summed E-state index contributed by atoms with van der Waals surface area (Å²) in [6, 6.07) is 10.7. The van der Waals surface area contributed by atoms with Crippen molar-refractivity contribution in [2.24, 2.45) is 5.41 Å². The Balaban J connectivity index is 0.860. The molecule has 2 saturated heterocycles. The molecule has 0 bridgehead atoms. The van der Waals surface area contributed by atoms with Crippen LogP contribution in [0.4, 0.5) is 5.88 Å². The number of aryl methyl sites for hydroxylation is 2. The Morgan fingerprint density at radius 2 is 1.66 bits per heavy atom. The summed E-state index contributed by atoms with van der Waals surface area (Å²) >= 11 is 1.62. The Bertz CT molecular complexity index is 2020. The van der Waals surface area contributed by atoms with E-state index in [-0.39, 0.29) is 69.0 Å². The highest BCUT2D eigenvalue weighted by Gasteiger charge is 2.42. The quantitative estimate of drug-likeness (QED) is 0.0674. The second kappa shape index (κ2) is 25.6. The van der Waals surface area contributed by atoms with Gasteiger partial charge in [-0.15, -0.1) is 11.3 Å². The van der Waals surface area contributed by atoms with Crippen LogP contribution in [0.25, 0.3) is 10.4 Å². The van der Waals surface area contributed by atoms with Crippen LogP contribution in [0.5, 0.6) is 0 Å². The normalized spacial score (nSPS) is 17.1. The third kappa shape index (κ3) is 16.1. The minimum atomic E-state index is -0.814. The van der Waals surface area contributed by atoms with Gasteiger partial charge in [-0.3, -0.25) is 28.9 Å². The molecule has 2 aliphatic rings. The Morgan fingerprint density at radius 1 is 0.969 bits per heavy atom. The summed E-state index contributed by atoms with van der Waals surface area (Å²) < 4.78 is 27.9. The molecule has 2 aromatic heterocycles. The van der Waals surface area contributed by atoms with Gasteiger partial charge in [-0.05, 0) is 42.0 Å². The fraction of sp³-hybridized carbons (Fsp3) is 0.565. The first-order valence-electron chi connectivity index (χ1n) is 22.1. The van der Waals surface area contributed by atoms with E-state index >= 15 is 0 Å². The molecule has 0 aliphatic carbocycles. The Labute approximate surface area is 385 Å². The molecule has 0 radical (unpaired) electrons. The van der Waals surface area contributed by atoms with Crippen LogP contribution < -0.4 is 20.9 Å². The molecule has 356 valence electrons. The third-order valence-electron chi connectivity index (χ3n) is 10.9. The van der Waals surface area contributed by atoms with Crippen LogP contribution in [0.15, 0.2) is 59.0 Å². The van der Waals surface area contributed by atoms with Crippen molar-refractivity contribution in [2.75, 3.05) is 97.0 Å². The van der Waals surface area contributed by atoms with Crippen molar-refractivity contribution in [1.82, 2.24) is 30.7 Å². The molecule has 19 heteroatoms. The Kier molecular flexibility index (Phi) is 20.1. The molecular weight excluding hydrogens is 859 g/mol. The van der Waals surface area contributed by atoms with Crippen LogP contribution >= 0.6 is 11.3 Å². The number of likely N-dealkylation sites (tertiary alicyclic amines) is 1. The van der Waals surface area contributed by atoms with E-state index in [4.69, 9.17) is 23.4 Å². The average Bonchev–Trinajstić information content (AvgIpc) is 4.04. The highest BCUT2D eigenvalue weighted by Crippen LogP contribution is 2.28. The Hall–Kier alpha value is -5.02. The number of amides is 5. The molecule has 65 heavy (non-hydrogen) atoms. The summed E-state index contributed by atoms with van der Waals surface area (Å²) in [7, 11) is 0. The maximum atomic E-state index is 13.9. The molecule has 5 rings (SSSR count). The smallest absolute Gasteiger partial charge is 0.248 e. The molecule has 0 unspecified atom stereocenters. The summed E-state index contributed by atoms with van der Waals surface area (Å²) in [5, 5.41) is 19.7. The van der Waals surface area contributed by atoms with Gasteiger partial charge in [0.05, 0.1) is 68.4 Å². The summed E-state index contributed by atoms with van der Waals surface area (Å²) in [6.07, 6.45) is 1.57. The maximum Gasteiger partial charge on any atom is 0.248 e. The van der Waals surface area contributed by atoms with Crippen molar-refractivity contribution in [2.45, 2.75) is 71.7 Å². The monoisotopic (exact) mass is 923 g/mol. The predicted molar refractivity (Wildman–Crippen MR) is 244 cm³/mol. The van der Waals surface area contributed by atoms with Gasteiger partial charge in [0.25, 0.3) is 0 Å². The zero-order valence-corrected chi connectivity index (χ0v) is 38.8. The minimum Gasteiger partial charge on any atom is -0.445 e. The van der Waals surface area contributed by atoms with Crippen molar-refractivity contribution < 1.29 is 52.4 Å². The van der Waals surface area contributed by atoms with Crippen molar-refractivity contribution >= 4 is 46.8 Å². The highest BCUT2D eigenvalue weighted by atomic mass is 32.1. The van der Waals surface area contributed by atoms with Crippen LogP contribution in [-0.2, 0) is 55.9 Å². The number of nitrogens with one attached hydrogen (secondary N) is 3. The van der Waals surface area contributed by atoms with E-state index in [1.165, 1.54) is 15.9 Å². The molecule has 4 N–H and O–H groups in total. The number of aliphatic hydroxyl groups is 1. The van der Waals surface area contributed by atoms with E-state index in [9.17, 15) is 29.1 Å². The fourth-order valence-electron chi connectivity index (χ4n) is 7.39. The number of carbonyl (C=O) groups is 5. The van der Waals surface area contributed by atoms with Gasteiger partial charge in [-0.25, -0.2) is 4.98 Å². The number of aromatic nitrogens is 1. The minimum absolute atomic E-state index is 0.0415. The molecule has 4 heterocycles. The summed E-state index contributed by atoms with van der Waals surface area (Å²) in [4.78, 5) is 73.5. The lowest BCUT2D eigenvalue weighted by Gasteiger charge is -2.35. The molecular formula is C46H65N7O11S. The van der Waals surface area contributed by atoms with Crippen molar-refractivity contribution in [3.05, 3.63) is 71.6 Å². The number of nitrogens with zero attached hydrogens (tertiary/aromatic N) is 4. The molecule has 3 aromatic rings. The largest absolute Gasteiger partial charge is 0.445 e. The summed E-state index contributed by atoms with van der Waals surface area (Å²) in [5.74, 6) is -0.370. The molecule has 5 amide bonds. The van der Waals surface area contributed by atoms with E-state index in [0.717, 1.165) is 21.7 Å². The number of thiazole rings is 1. The first-order valence-corrected chi connectivity index (χ1v) is 23.0. The molecule has 2 fully saturated rings. The van der Waals surface area contributed by atoms with Crippen molar-refractivity contribution in [1.29, 1.82) is 0 Å². The molecule has 1 aromatic carbocycles. The number of piperazine rings is 1. The number of hydrogen-bond acceptors (Lipinski definition) is 14. The lowest BCUT2D eigenvalue weighted by molar-refractivity contribution is -0.141. The lowest BCUT2D eigenvalue weighted by atomic mass is 9.85. The predicted octanol–water partition coefficient (Wildman–Crippen LogP) is 2.47. The van der Waals surface area contributed by atoms with Crippen LogP contribution in [0.2, 0.25) is 0 Å². The van der Waals surface area contributed by atoms with E-state index < -0.39 is 23.5 Å². The topological polar surface area (TPSA) is 214 Å². The molecule has 18 nitrogen and oxygen atoms in total. The number of ether oxygens (including phenoxy) is 4. The number of rotatable bonds is 26.